The number of rotatable bonds is 2. The molecule has 0 saturated carbocycles. The molecule has 0 unspecified atom stereocenters. The van der Waals surface area contributed by atoms with Gasteiger partial charge in [0.1, 0.15) is 0 Å². The average Bonchev–Trinajstić information content (AvgIpc) is 2.55. The van der Waals surface area contributed by atoms with Crippen LogP contribution in [0.25, 0.3) is 10.8 Å². The molecule has 0 fully saturated rings. The summed E-state index contributed by atoms with van der Waals surface area (Å²) in [4.78, 5) is 16.3. The van der Waals surface area contributed by atoms with E-state index in [9.17, 15) is 4.79 Å². The van der Waals surface area contributed by atoms with Gasteiger partial charge in [0.05, 0.1) is 17.3 Å². The van der Waals surface area contributed by atoms with Gasteiger partial charge in [-0.3, -0.25) is 9.78 Å². The van der Waals surface area contributed by atoms with Crippen LogP contribution in [0, 0.1) is 11.3 Å². The Bertz CT molecular complexity index is 843. The SMILES string of the molecule is N#Cc1ccc(C(=O)Nc2cccc3ccncc23)cc1. The molecule has 1 heterocycles. The van der Waals surface area contributed by atoms with Crippen molar-refractivity contribution < 1.29 is 4.79 Å². The minimum Gasteiger partial charge on any atom is -0.321 e. The second kappa shape index (κ2) is 5.43. The van der Waals surface area contributed by atoms with E-state index in [2.05, 4.69) is 10.3 Å². The molecule has 3 rings (SSSR count). The van der Waals surface area contributed by atoms with Crippen molar-refractivity contribution in [2.45, 2.75) is 0 Å². The highest BCUT2D eigenvalue weighted by Crippen LogP contribution is 2.22. The Morgan fingerprint density at radius 3 is 2.67 bits per heavy atom. The quantitative estimate of drug-likeness (QED) is 0.778. The number of carbonyl (C=O) groups excluding carboxylic acids is 1. The van der Waals surface area contributed by atoms with E-state index in [0.717, 1.165) is 16.5 Å². The second-order valence-corrected chi connectivity index (χ2v) is 4.55. The zero-order valence-corrected chi connectivity index (χ0v) is 11.1. The lowest BCUT2D eigenvalue weighted by molar-refractivity contribution is 0.102. The molecule has 1 amide bonds. The van der Waals surface area contributed by atoms with Crippen molar-refractivity contribution >= 4 is 22.4 Å². The van der Waals surface area contributed by atoms with Gasteiger partial charge in [-0.15, -0.1) is 0 Å². The number of fused-ring (bicyclic) bond motifs is 1. The van der Waals surface area contributed by atoms with Crippen molar-refractivity contribution in [3.05, 3.63) is 72.1 Å². The van der Waals surface area contributed by atoms with Gasteiger partial charge in [-0.1, -0.05) is 12.1 Å². The van der Waals surface area contributed by atoms with Crippen LogP contribution in [0.1, 0.15) is 15.9 Å². The third-order valence-electron chi connectivity index (χ3n) is 3.21. The molecule has 4 nitrogen and oxygen atoms in total. The van der Waals surface area contributed by atoms with Crippen LogP contribution in [-0.2, 0) is 0 Å². The fourth-order valence-electron chi connectivity index (χ4n) is 2.11. The first-order valence-electron chi connectivity index (χ1n) is 6.42. The summed E-state index contributed by atoms with van der Waals surface area (Å²) < 4.78 is 0. The smallest absolute Gasteiger partial charge is 0.255 e. The lowest BCUT2D eigenvalue weighted by Gasteiger charge is -2.08. The number of amides is 1. The van der Waals surface area contributed by atoms with Gasteiger partial charge >= 0.3 is 0 Å². The monoisotopic (exact) mass is 273 g/mol. The first-order valence-corrected chi connectivity index (χ1v) is 6.42. The number of anilines is 1. The van der Waals surface area contributed by atoms with Gasteiger partial charge < -0.3 is 5.32 Å². The highest BCUT2D eigenvalue weighted by atomic mass is 16.1. The molecule has 2 aromatic carbocycles. The number of hydrogen-bond donors (Lipinski definition) is 1. The summed E-state index contributed by atoms with van der Waals surface area (Å²) in [6, 6.07) is 16.1. The summed E-state index contributed by atoms with van der Waals surface area (Å²) in [6.07, 6.45) is 3.44. The van der Waals surface area contributed by atoms with Gasteiger partial charge in [-0.25, -0.2) is 0 Å². The fourth-order valence-corrected chi connectivity index (χ4v) is 2.11. The highest BCUT2D eigenvalue weighted by molar-refractivity contribution is 6.08. The predicted molar refractivity (Wildman–Crippen MR) is 80.9 cm³/mol. The normalized spacial score (nSPS) is 10.0. The van der Waals surface area contributed by atoms with Crippen LogP contribution in [0.3, 0.4) is 0 Å². The van der Waals surface area contributed by atoms with Crippen molar-refractivity contribution in [3.8, 4) is 6.07 Å². The molecule has 100 valence electrons. The number of nitrogens with one attached hydrogen (secondary N) is 1. The Labute approximate surface area is 121 Å². The minimum atomic E-state index is -0.212. The second-order valence-electron chi connectivity index (χ2n) is 4.55. The largest absolute Gasteiger partial charge is 0.321 e. The van der Waals surface area contributed by atoms with Crippen molar-refractivity contribution in [1.82, 2.24) is 4.98 Å². The van der Waals surface area contributed by atoms with Gasteiger partial charge in [0.15, 0.2) is 0 Å². The Morgan fingerprint density at radius 1 is 1.10 bits per heavy atom. The van der Waals surface area contributed by atoms with Crippen LogP contribution in [-0.4, -0.2) is 10.9 Å². The highest BCUT2D eigenvalue weighted by Gasteiger charge is 2.08. The van der Waals surface area contributed by atoms with E-state index in [-0.39, 0.29) is 5.91 Å². The van der Waals surface area contributed by atoms with E-state index in [1.54, 1.807) is 36.7 Å². The van der Waals surface area contributed by atoms with E-state index in [0.29, 0.717) is 11.1 Å². The molecule has 0 aliphatic rings. The standard InChI is InChI=1S/C17H11N3O/c18-10-12-4-6-14(7-5-12)17(21)20-16-3-1-2-13-8-9-19-11-15(13)16/h1-9,11H,(H,20,21). The number of aromatic nitrogens is 1. The molecule has 21 heavy (non-hydrogen) atoms. The topological polar surface area (TPSA) is 65.8 Å². The predicted octanol–water partition coefficient (Wildman–Crippen LogP) is 3.36. The third-order valence-corrected chi connectivity index (χ3v) is 3.21. The van der Waals surface area contributed by atoms with E-state index < -0.39 is 0 Å². The lowest BCUT2D eigenvalue weighted by Crippen LogP contribution is -2.12. The zero-order chi connectivity index (χ0) is 14.7. The maximum absolute atomic E-state index is 12.2. The van der Waals surface area contributed by atoms with Gasteiger partial charge in [0, 0.05) is 23.3 Å². The first-order chi connectivity index (χ1) is 10.3. The molecule has 0 bridgehead atoms. The fraction of sp³-hybridized carbons (Fsp3) is 0. The molecular formula is C17H11N3O. The lowest BCUT2D eigenvalue weighted by atomic mass is 10.1. The van der Waals surface area contributed by atoms with Crippen molar-refractivity contribution in [2.75, 3.05) is 5.32 Å². The van der Waals surface area contributed by atoms with E-state index >= 15 is 0 Å². The van der Waals surface area contributed by atoms with Crippen LogP contribution in [0.5, 0.6) is 0 Å². The third kappa shape index (κ3) is 2.58. The minimum absolute atomic E-state index is 0.212. The number of carbonyl (C=O) groups is 1. The molecule has 4 heteroatoms. The summed E-state index contributed by atoms with van der Waals surface area (Å²) in [6.45, 7) is 0. The van der Waals surface area contributed by atoms with Crippen molar-refractivity contribution in [1.29, 1.82) is 5.26 Å². The molecule has 0 aliphatic carbocycles. The summed E-state index contributed by atoms with van der Waals surface area (Å²) >= 11 is 0. The summed E-state index contributed by atoms with van der Waals surface area (Å²) in [5.74, 6) is -0.212. The molecule has 3 aromatic rings. The Hall–Kier alpha value is -3.19. The van der Waals surface area contributed by atoms with Gasteiger partial charge in [-0.2, -0.15) is 5.26 Å². The van der Waals surface area contributed by atoms with Gasteiger partial charge in [0.25, 0.3) is 5.91 Å². The van der Waals surface area contributed by atoms with Crippen LogP contribution >= 0.6 is 0 Å². The maximum Gasteiger partial charge on any atom is 0.255 e. The molecule has 0 spiro atoms. The first kappa shape index (κ1) is 12.8. The van der Waals surface area contributed by atoms with Crippen LogP contribution in [0.4, 0.5) is 5.69 Å². The number of benzene rings is 2. The molecular weight excluding hydrogens is 262 g/mol. The van der Waals surface area contributed by atoms with E-state index in [1.807, 2.05) is 30.3 Å². The van der Waals surface area contributed by atoms with E-state index in [4.69, 9.17) is 5.26 Å². The summed E-state index contributed by atoms with van der Waals surface area (Å²) in [5.41, 5.74) is 1.76. The number of nitrogens with zero attached hydrogens (tertiary/aromatic N) is 2. The molecule has 0 atom stereocenters. The maximum atomic E-state index is 12.2. The summed E-state index contributed by atoms with van der Waals surface area (Å²) in [5, 5.41) is 13.5. The molecule has 0 aliphatic heterocycles. The van der Waals surface area contributed by atoms with Crippen LogP contribution in [0.2, 0.25) is 0 Å². The zero-order valence-electron chi connectivity index (χ0n) is 11.1. The Morgan fingerprint density at radius 2 is 1.90 bits per heavy atom. The Balaban J connectivity index is 1.91. The number of nitriles is 1. The van der Waals surface area contributed by atoms with Crippen molar-refractivity contribution in [3.63, 3.8) is 0 Å². The molecule has 0 saturated heterocycles. The van der Waals surface area contributed by atoms with Gasteiger partial charge in [-0.05, 0) is 41.8 Å². The molecule has 1 aromatic heterocycles. The summed E-state index contributed by atoms with van der Waals surface area (Å²) in [7, 11) is 0. The number of hydrogen-bond acceptors (Lipinski definition) is 3. The number of pyridine rings is 1. The van der Waals surface area contributed by atoms with Crippen LogP contribution < -0.4 is 5.32 Å². The molecule has 0 radical (unpaired) electrons. The average molecular weight is 273 g/mol. The van der Waals surface area contributed by atoms with E-state index in [1.165, 1.54) is 0 Å². The Kier molecular flexibility index (Phi) is 3.32. The van der Waals surface area contributed by atoms with Crippen LogP contribution in [0.15, 0.2) is 60.9 Å². The molecule has 1 N–H and O–H groups in total. The van der Waals surface area contributed by atoms with Crippen molar-refractivity contribution in [2.24, 2.45) is 0 Å². The van der Waals surface area contributed by atoms with Gasteiger partial charge in [0.2, 0.25) is 0 Å².